The second-order valence-electron chi connectivity index (χ2n) is 4.97. The van der Waals surface area contributed by atoms with Gasteiger partial charge < -0.3 is 5.32 Å². The van der Waals surface area contributed by atoms with Crippen molar-refractivity contribution in [3.05, 3.63) is 39.4 Å². The molecule has 110 valence electrons. The van der Waals surface area contributed by atoms with Gasteiger partial charge in [0.05, 0.1) is 16.6 Å². The molecule has 0 spiro atoms. The number of hydrogen-bond acceptors (Lipinski definition) is 3. The van der Waals surface area contributed by atoms with Crippen LogP contribution in [0.3, 0.4) is 0 Å². The molecular formula is C13H16F2N2O3. The van der Waals surface area contributed by atoms with Gasteiger partial charge in [-0.2, -0.15) is 4.39 Å². The topological polar surface area (TPSA) is 72.2 Å². The van der Waals surface area contributed by atoms with E-state index >= 15 is 0 Å². The summed E-state index contributed by atoms with van der Waals surface area (Å²) in [4.78, 5) is 21.1. The molecule has 1 rings (SSSR count). The van der Waals surface area contributed by atoms with Crippen LogP contribution in [0.15, 0.2) is 12.1 Å². The number of amides is 1. The number of carbonyl (C=O) groups excluding carboxylic acids is 1. The van der Waals surface area contributed by atoms with E-state index in [-0.39, 0.29) is 5.92 Å². The molecule has 1 aromatic rings. The van der Waals surface area contributed by atoms with Crippen molar-refractivity contribution < 1.29 is 18.5 Å². The van der Waals surface area contributed by atoms with Crippen molar-refractivity contribution in [3.8, 4) is 0 Å². The van der Waals surface area contributed by atoms with Gasteiger partial charge in [0.15, 0.2) is 0 Å². The van der Waals surface area contributed by atoms with E-state index in [9.17, 15) is 23.7 Å². The predicted octanol–water partition coefficient (Wildman–Crippen LogP) is 2.89. The number of nitro benzene ring substituents is 1. The first kappa shape index (κ1) is 16.0. The Morgan fingerprint density at radius 3 is 2.40 bits per heavy atom. The third-order valence-electron chi connectivity index (χ3n) is 3.20. The Balaban J connectivity index is 2.89. The molecule has 7 heteroatoms. The minimum Gasteiger partial charge on any atom is -0.352 e. The summed E-state index contributed by atoms with van der Waals surface area (Å²) in [5.74, 6) is -2.64. The minimum absolute atomic E-state index is 0.171. The van der Waals surface area contributed by atoms with E-state index in [2.05, 4.69) is 5.32 Å². The fraction of sp³-hybridized carbons (Fsp3) is 0.462. The largest absolute Gasteiger partial charge is 0.352 e. The molecule has 1 amide bonds. The molecule has 20 heavy (non-hydrogen) atoms. The number of nitrogens with one attached hydrogen (secondary N) is 1. The van der Waals surface area contributed by atoms with Crippen LogP contribution in [0.1, 0.15) is 31.1 Å². The van der Waals surface area contributed by atoms with Crippen LogP contribution in [0.5, 0.6) is 0 Å². The Bertz CT molecular complexity index is 533. The first-order valence-corrected chi connectivity index (χ1v) is 6.15. The lowest BCUT2D eigenvalue weighted by Crippen LogP contribution is -2.30. The summed E-state index contributed by atoms with van der Waals surface area (Å²) in [7, 11) is 0. The predicted molar refractivity (Wildman–Crippen MR) is 69.3 cm³/mol. The average Bonchev–Trinajstić information content (AvgIpc) is 2.37. The minimum atomic E-state index is -1.24. The Morgan fingerprint density at radius 2 is 1.90 bits per heavy atom. The lowest BCUT2D eigenvalue weighted by atomic mass is 9.98. The summed E-state index contributed by atoms with van der Waals surface area (Å²) >= 11 is 0. The molecule has 1 atom stereocenters. The molecule has 0 radical (unpaired) electrons. The smallest absolute Gasteiger partial charge is 0.307 e. The molecule has 5 nitrogen and oxygen atoms in total. The van der Waals surface area contributed by atoms with Crippen molar-refractivity contribution in [1.29, 1.82) is 0 Å². The number of halogens is 2. The molecule has 0 heterocycles. The molecule has 0 fully saturated rings. The van der Waals surface area contributed by atoms with Crippen molar-refractivity contribution in [1.82, 2.24) is 5.32 Å². The molecule has 0 aromatic heterocycles. The van der Waals surface area contributed by atoms with Crippen LogP contribution >= 0.6 is 0 Å². The van der Waals surface area contributed by atoms with Gasteiger partial charge in [0.25, 0.3) is 5.91 Å². The Labute approximate surface area is 115 Å². The van der Waals surface area contributed by atoms with E-state index in [1.165, 1.54) is 0 Å². The molecule has 0 aliphatic rings. The average molecular weight is 286 g/mol. The van der Waals surface area contributed by atoms with Gasteiger partial charge in [-0.15, -0.1) is 0 Å². The van der Waals surface area contributed by atoms with Crippen LogP contribution in [0.4, 0.5) is 14.5 Å². The zero-order valence-electron chi connectivity index (χ0n) is 11.4. The highest BCUT2D eigenvalue weighted by atomic mass is 19.1. The molecule has 0 saturated heterocycles. The van der Waals surface area contributed by atoms with E-state index < -0.39 is 33.7 Å². The normalized spacial score (nSPS) is 12.3. The molecule has 1 aromatic carbocycles. The van der Waals surface area contributed by atoms with Crippen LogP contribution in [0.2, 0.25) is 0 Å². The van der Waals surface area contributed by atoms with E-state index in [4.69, 9.17) is 0 Å². The number of rotatable bonds is 5. The van der Waals surface area contributed by atoms with E-state index in [1.807, 2.05) is 20.8 Å². The lowest BCUT2D eigenvalue weighted by molar-refractivity contribution is -0.387. The maximum absolute atomic E-state index is 13.6. The van der Waals surface area contributed by atoms with E-state index in [0.717, 1.165) is 0 Å². The van der Waals surface area contributed by atoms with E-state index in [0.29, 0.717) is 24.6 Å². The second kappa shape index (κ2) is 6.40. The van der Waals surface area contributed by atoms with Gasteiger partial charge in [-0.25, -0.2) is 4.39 Å². The van der Waals surface area contributed by atoms with Crippen LogP contribution in [-0.4, -0.2) is 17.4 Å². The third kappa shape index (κ3) is 3.72. The van der Waals surface area contributed by atoms with Crippen LogP contribution < -0.4 is 5.32 Å². The van der Waals surface area contributed by atoms with Crippen LogP contribution in [0.25, 0.3) is 0 Å². The maximum atomic E-state index is 13.6. The Hall–Kier alpha value is -2.05. The van der Waals surface area contributed by atoms with Gasteiger partial charge in [0, 0.05) is 6.54 Å². The fourth-order valence-electron chi connectivity index (χ4n) is 1.43. The van der Waals surface area contributed by atoms with Gasteiger partial charge in [0.2, 0.25) is 5.82 Å². The number of benzene rings is 1. The first-order valence-electron chi connectivity index (χ1n) is 6.15. The van der Waals surface area contributed by atoms with Gasteiger partial charge >= 0.3 is 5.69 Å². The zero-order valence-corrected chi connectivity index (χ0v) is 11.4. The van der Waals surface area contributed by atoms with Crippen molar-refractivity contribution in [3.63, 3.8) is 0 Å². The number of nitrogens with zero attached hydrogens (tertiary/aromatic N) is 1. The highest BCUT2D eigenvalue weighted by molar-refractivity contribution is 5.94. The van der Waals surface area contributed by atoms with Crippen molar-refractivity contribution >= 4 is 11.6 Å². The summed E-state index contributed by atoms with van der Waals surface area (Å²) in [6.07, 6.45) is 0. The lowest BCUT2D eigenvalue weighted by Gasteiger charge is -2.16. The summed E-state index contributed by atoms with van der Waals surface area (Å²) in [6.45, 7) is 6.18. The van der Waals surface area contributed by atoms with Crippen LogP contribution in [0, 0.1) is 33.6 Å². The number of nitro groups is 1. The van der Waals surface area contributed by atoms with Gasteiger partial charge in [0.1, 0.15) is 5.82 Å². The zero-order chi connectivity index (χ0) is 15.4. The number of carbonyl (C=O) groups is 1. The quantitative estimate of drug-likeness (QED) is 0.668. The molecular weight excluding hydrogens is 270 g/mol. The molecule has 0 aliphatic carbocycles. The first-order chi connectivity index (χ1) is 9.23. The standard InChI is InChI=1S/C13H16F2N2O3/c1-7(2)8(3)6-16-13(18)9-4-11(15)12(17(19)20)5-10(9)14/h4-5,7-8H,6H2,1-3H3,(H,16,18). The van der Waals surface area contributed by atoms with Gasteiger partial charge in [-0.05, 0) is 17.9 Å². The Morgan fingerprint density at radius 1 is 1.30 bits per heavy atom. The van der Waals surface area contributed by atoms with Crippen molar-refractivity contribution in [2.45, 2.75) is 20.8 Å². The summed E-state index contributed by atoms with van der Waals surface area (Å²) in [6, 6.07) is 0.957. The second-order valence-corrected chi connectivity index (χ2v) is 4.97. The monoisotopic (exact) mass is 286 g/mol. The van der Waals surface area contributed by atoms with Gasteiger partial charge in [-0.3, -0.25) is 14.9 Å². The highest BCUT2D eigenvalue weighted by Gasteiger charge is 2.22. The van der Waals surface area contributed by atoms with Crippen molar-refractivity contribution in [2.24, 2.45) is 11.8 Å². The molecule has 0 bridgehead atoms. The SMILES string of the molecule is CC(C)C(C)CNC(=O)c1cc(F)c([N+](=O)[O-])cc1F. The molecule has 1 unspecified atom stereocenters. The van der Waals surface area contributed by atoms with E-state index in [1.54, 1.807) is 0 Å². The summed E-state index contributed by atoms with van der Waals surface area (Å²) in [5, 5.41) is 12.9. The van der Waals surface area contributed by atoms with Gasteiger partial charge in [-0.1, -0.05) is 20.8 Å². The fourth-order valence-corrected chi connectivity index (χ4v) is 1.43. The molecule has 0 saturated carbocycles. The molecule has 0 aliphatic heterocycles. The summed E-state index contributed by atoms with van der Waals surface area (Å²) in [5.41, 5.74) is -1.53. The number of hydrogen-bond donors (Lipinski definition) is 1. The molecule has 1 N–H and O–H groups in total. The Kier molecular flexibility index (Phi) is 5.12. The third-order valence-corrected chi connectivity index (χ3v) is 3.20. The maximum Gasteiger partial charge on any atom is 0.307 e. The van der Waals surface area contributed by atoms with Crippen molar-refractivity contribution in [2.75, 3.05) is 6.54 Å². The highest BCUT2D eigenvalue weighted by Crippen LogP contribution is 2.21. The summed E-state index contributed by atoms with van der Waals surface area (Å²) < 4.78 is 27.0. The van der Waals surface area contributed by atoms with Crippen LogP contribution in [-0.2, 0) is 0 Å².